The lowest BCUT2D eigenvalue weighted by Crippen LogP contribution is -2.52. The third-order valence-corrected chi connectivity index (χ3v) is 4.71. The molecule has 26 heavy (non-hydrogen) atoms. The lowest BCUT2D eigenvalue weighted by molar-refractivity contribution is 0.0617. The first-order chi connectivity index (χ1) is 12.5. The molecule has 0 aliphatic carbocycles. The number of carbonyl (C=O) groups is 1. The number of hydrogen-bond donors (Lipinski definition) is 2. The Morgan fingerprint density at radius 2 is 2.00 bits per heavy atom. The zero-order chi connectivity index (χ0) is 18.9. The highest BCUT2D eigenvalue weighted by Crippen LogP contribution is 2.22. The Bertz CT molecular complexity index is 574. The van der Waals surface area contributed by atoms with Gasteiger partial charge in [0.15, 0.2) is 0 Å². The smallest absolute Gasteiger partial charge is 0.317 e. The lowest BCUT2D eigenvalue weighted by Gasteiger charge is -2.35. The first kappa shape index (κ1) is 20.5. The number of nitrogens with zero attached hydrogens (tertiary/aromatic N) is 2. The second-order valence-corrected chi connectivity index (χ2v) is 6.56. The van der Waals surface area contributed by atoms with E-state index in [0.717, 1.165) is 36.5 Å². The number of ether oxygens (including phenoxy) is 2. The van der Waals surface area contributed by atoms with Crippen molar-refractivity contribution in [2.75, 3.05) is 59.7 Å². The number of hydrogen-bond acceptors (Lipinski definition) is 5. The largest absolute Gasteiger partial charge is 0.496 e. The topological polar surface area (TPSA) is 74.3 Å². The number of aryl methyl sites for hydroxylation is 1. The maximum absolute atomic E-state index is 12.5. The van der Waals surface area contributed by atoms with E-state index < -0.39 is 0 Å². The predicted octanol–water partition coefficient (Wildman–Crippen LogP) is 1.40. The van der Waals surface area contributed by atoms with Crippen LogP contribution in [0.4, 0.5) is 4.79 Å². The molecule has 1 fully saturated rings. The molecule has 1 aromatic carbocycles. The van der Waals surface area contributed by atoms with Crippen LogP contribution in [0.25, 0.3) is 0 Å². The molecule has 0 unspecified atom stereocenters. The molecule has 1 aliphatic heterocycles. The van der Waals surface area contributed by atoms with Gasteiger partial charge in [0.25, 0.3) is 0 Å². The van der Waals surface area contributed by atoms with Crippen LogP contribution >= 0.6 is 0 Å². The summed E-state index contributed by atoms with van der Waals surface area (Å²) >= 11 is 0. The number of piperazine rings is 1. The van der Waals surface area contributed by atoms with Crippen LogP contribution < -0.4 is 10.1 Å². The summed E-state index contributed by atoms with van der Waals surface area (Å²) in [7, 11) is 1.66. The van der Waals surface area contributed by atoms with E-state index in [2.05, 4.69) is 10.2 Å². The number of nitrogens with one attached hydrogen (secondary N) is 1. The molecule has 2 amide bonds. The summed E-state index contributed by atoms with van der Waals surface area (Å²) < 4.78 is 10.6. The van der Waals surface area contributed by atoms with Gasteiger partial charge in [0, 0.05) is 32.7 Å². The fourth-order valence-electron chi connectivity index (χ4n) is 3.07. The number of methoxy groups -OCH3 is 1. The quantitative estimate of drug-likeness (QED) is 0.681. The molecule has 7 heteroatoms. The second-order valence-electron chi connectivity index (χ2n) is 6.56. The minimum atomic E-state index is -0.0583. The molecule has 0 aromatic heterocycles. The molecular weight excluding hydrogens is 334 g/mol. The Morgan fingerprint density at radius 3 is 2.62 bits per heavy atom. The maximum atomic E-state index is 12.5. The SMILES string of the molecule is COc1ccc([C@@H](C)NC(=O)N2CCN(CCOCCO)CC2)cc1C. The summed E-state index contributed by atoms with van der Waals surface area (Å²) in [5.41, 5.74) is 2.12. The van der Waals surface area contributed by atoms with E-state index >= 15 is 0 Å². The molecular formula is C19H31N3O4. The van der Waals surface area contributed by atoms with Crippen LogP contribution in [0.15, 0.2) is 18.2 Å². The van der Waals surface area contributed by atoms with Crippen molar-refractivity contribution in [2.24, 2.45) is 0 Å². The highest BCUT2D eigenvalue weighted by atomic mass is 16.5. The Hall–Kier alpha value is -1.83. The maximum Gasteiger partial charge on any atom is 0.317 e. The normalized spacial score (nSPS) is 16.4. The number of urea groups is 1. The van der Waals surface area contributed by atoms with Crippen LogP contribution in [-0.4, -0.2) is 80.6 Å². The van der Waals surface area contributed by atoms with E-state index in [9.17, 15) is 4.79 Å². The van der Waals surface area contributed by atoms with Gasteiger partial charge in [0.05, 0.1) is 33.0 Å². The number of amides is 2. The summed E-state index contributed by atoms with van der Waals surface area (Å²) in [6, 6.07) is 5.89. The van der Waals surface area contributed by atoms with Crippen molar-refractivity contribution >= 4 is 6.03 Å². The Morgan fingerprint density at radius 1 is 1.27 bits per heavy atom. The van der Waals surface area contributed by atoms with Crippen molar-refractivity contribution < 1.29 is 19.4 Å². The first-order valence-electron chi connectivity index (χ1n) is 9.16. The summed E-state index contributed by atoms with van der Waals surface area (Å²) in [6.45, 7) is 8.97. The van der Waals surface area contributed by atoms with Gasteiger partial charge in [-0.15, -0.1) is 0 Å². The Balaban J connectivity index is 1.77. The standard InChI is InChI=1S/C19H31N3O4/c1-15-14-17(4-5-18(15)25-3)16(2)20-19(24)22-8-6-21(7-9-22)10-12-26-13-11-23/h4-5,14,16,23H,6-13H2,1-3H3,(H,20,24)/t16-/m1/s1. The average molecular weight is 365 g/mol. The number of carbonyl (C=O) groups excluding carboxylic acids is 1. The van der Waals surface area contributed by atoms with Gasteiger partial charge in [0.2, 0.25) is 0 Å². The highest BCUT2D eigenvalue weighted by molar-refractivity contribution is 5.74. The number of rotatable bonds is 8. The van der Waals surface area contributed by atoms with Crippen LogP contribution in [0.2, 0.25) is 0 Å². The third kappa shape index (κ3) is 5.86. The van der Waals surface area contributed by atoms with Gasteiger partial charge in [-0.2, -0.15) is 0 Å². The number of aliphatic hydroxyl groups is 1. The van der Waals surface area contributed by atoms with Crippen molar-refractivity contribution in [2.45, 2.75) is 19.9 Å². The van der Waals surface area contributed by atoms with Crippen molar-refractivity contribution in [3.63, 3.8) is 0 Å². The summed E-state index contributed by atoms with van der Waals surface area (Å²) in [5.74, 6) is 0.853. The van der Waals surface area contributed by atoms with Crippen LogP contribution in [0.5, 0.6) is 5.75 Å². The Kier molecular flexibility index (Phi) is 8.15. The average Bonchev–Trinajstić information content (AvgIpc) is 2.65. The van der Waals surface area contributed by atoms with Crippen molar-refractivity contribution in [3.8, 4) is 5.75 Å². The second kappa shape index (κ2) is 10.4. The summed E-state index contributed by atoms with van der Waals surface area (Å²) in [4.78, 5) is 16.6. The Labute approximate surface area is 155 Å². The van der Waals surface area contributed by atoms with Gasteiger partial charge in [-0.3, -0.25) is 4.90 Å². The zero-order valence-electron chi connectivity index (χ0n) is 16.0. The van der Waals surface area contributed by atoms with Crippen molar-refractivity contribution in [1.29, 1.82) is 0 Å². The van der Waals surface area contributed by atoms with Crippen LogP contribution in [-0.2, 0) is 4.74 Å². The molecule has 2 N–H and O–H groups in total. The van der Waals surface area contributed by atoms with E-state index in [1.54, 1.807) is 7.11 Å². The van der Waals surface area contributed by atoms with Crippen LogP contribution in [0, 0.1) is 6.92 Å². The van der Waals surface area contributed by atoms with Crippen LogP contribution in [0.3, 0.4) is 0 Å². The fourth-order valence-corrected chi connectivity index (χ4v) is 3.07. The third-order valence-electron chi connectivity index (χ3n) is 4.71. The predicted molar refractivity (Wildman–Crippen MR) is 101 cm³/mol. The van der Waals surface area contributed by atoms with Crippen molar-refractivity contribution in [3.05, 3.63) is 29.3 Å². The van der Waals surface area contributed by atoms with E-state index in [1.165, 1.54) is 0 Å². The van der Waals surface area contributed by atoms with Gasteiger partial charge in [-0.1, -0.05) is 12.1 Å². The van der Waals surface area contributed by atoms with Gasteiger partial charge in [-0.25, -0.2) is 4.79 Å². The highest BCUT2D eigenvalue weighted by Gasteiger charge is 2.22. The minimum Gasteiger partial charge on any atom is -0.496 e. The molecule has 1 aromatic rings. The lowest BCUT2D eigenvalue weighted by atomic mass is 10.1. The summed E-state index contributed by atoms with van der Waals surface area (Å²) in [6.07, 6.45) is 0. The van der Waals surface area contributed by atoms with Gasteiger partial charge < -0.3 is 24.8 Å². The molecule has 146 valence electrons. The number of benzene rings is 1. The molecule has 7 nitrogen and oxygen atoms in total. The van der Waals surface area contributed by atoms with Gasteiger partial charge in [0.1, 0.15) is 5.75 Å². The first-order valence-corrected chi connectivity index (χ1v) is 9.16. The molecule has 1 aliphatic rings. The summed E-state index contributed by atoms with van der Waals surface area (Å²) in [5, 5.41) is 11.8. The molecule has 0 bridgehead atoms. The fraction of sp³-hybridized carbons (Fsp3) is 0.632. The molecule has 0 radical (unpaired) electrons. The molecule has 0 spiro atoms. The minimum absolute atomic E-state index is 0.0258. The van der Waals surface area contributed by atoms with E-state index in [4.69, 9.17) is 14.6 Å². The molecule has 1 atom stereocenters. The molecule has 1 heterocycles. The van der Waals surface area contributed by atoms with E-state index in [-0.39, 0.29) is 18.7 Å². The van der Waals surface area contributed by atoms with Gasteiger partial charge in [-0.05, 0) is 31.0 Å². The zero-order valence-corrected chi connectivity index (χ0v) is 16.0. The molecule has 2 rings (SSSR count). The van der Waals surface area contributed by atoms with E-state index in [1.807, 2.05) is 36.9 Å². The van der Waals surface area contributed by atoms with E-state index in [0.29, 0.717) is 26.3 Å². The van der Waals surface area contributed by atoms with Crippen molar-refractivity contribution in [1.82, 2.24) is 15.1 Å². The molecule has 1 saturated heterocycles. The van der Waals surface area contributed by atoms with Gasteiger partial charge >= 0.3 is 6.03 Å². The number of aliphatic hydroxyl groups excluding tert-OH is 1. The molecule has 0 saturated carbocycles. The van der Waals surface area contributed by atoms with Crippen LogP contribution in [0.1, 0.15) is 24.1 Å². The monoisotopic (exact) mass is 365 g/mol.